The molecule has 0 spiro atoms. The molecule has 0 aliphatic heterocycles. The van der Waals surface area contributed by atoms with Crippen LogP contribution < -0.4 is 5.56 Å². The molecule has 0 saturated carbocycles. The van der Waals surface area contributed by atoms with Crippen LogP contribution >= 0.6 is 0 Å². The fraction of sp³-hybridized carbons (Fsp3) is 0.300. The Morgan fingerprint density at radius 1 is 1.69 bits per heavy atom. The van der Waals surface area contributed by atoms with Crippen LogP contribution in [0.1, 0.15) is 31.6 Å². The quantitative estimate of drug-likeness (QED) is 0.774. The van der Waals surface area contributed by atoms with E-state index < -0.39 is 0 Å². The van der Waals surface area contributed by atoms with Gasteiger partial charge in [0.05, 0.1) is 5.56 Å². The minimum atomic E-state index is -0.206. The molecule has 0 saturated heterocycles. The fourth-order valence-corrected chi connectivity index (χ4v) is 0.960. The van der Waals surface area contributed by atoms with E-state index in [0.717, 1.165) is 12.0 Å². The van der Waals surface area contributed by atoms with Gasteiger partial charge in [-0.15, -0.1) is 0 Å². The van der Waals surface area contributed by atoms with Crippen LogP contribution in [-0.2, 0) is 0 Å². The number of hydrogen-bond acceptors (Lipinski definition) is 2. The Morgan fingerprint density at radius 3 is 2.92 bits per heavy atom. The summed E-state index contributed by atoms with van der Waals surface area (Å²) in [5.41, 5.74) is 1.48. The van der Waals surface area contributed by atoms with Crippen LogP contribution in [0, 0.1) is 0 Å². The molecule has 1 aromatic rings. The Hall–Kier alpha value is -1.51. The van der Waals surface area contributed by atoms with Gasteiger partial charge in [0.1, 0.15) is 0 Å². The van der Waals surface area contributed by atoms with Crippen LogP contribution in [-0.4, -0.2) is 5.16 Å². The van der Waals surface area contributed by atoms with E-state index >= 15 is 0 Å². The summed E-state index contributed by atoms with van der Waals surface area (Å²) in [5, 5.41) is 2.27. The monoisotopic (exact) mass is 179 g/mol. The summed E-state index contributed by atoms with van der Waals surface area (Å²) in [5.74, 6) is 0.498. The van der Waals surface area contributed by atoms with Gasteiger partial charge < -0.3 is 4.52 Å². The first-order valence-electron chi connectivity index (χ1n) is 4.20. The van der Waals surface area contributed by atoms with Gasteiger partial charge in [-0.25, -0.2) is 0 Å². The molecule has 0 bridgehead atoms. The van der Waals surface area contributed by atoms with E-state index in [9.17, 15) is 4.79 Å². The molecule has 0 amide bonds. The van der Waals surface area contributed by atoms with Gasteiger partial charge in [-0.05, 0) is 25.5 Å². The second kappa shape index (κ2) is 3.94. The lowest BCUT2D eigenvalue weighted by atomic mass is 10.1. The van der Waals surface area contributed by atoms with Crippen molar-refractivity contribution in [1.82, 2.24) is 5.16 Å². The van der Waals surface area contributed by atoms with Gasteiger partial charge in [0.25, 0.3) is 5.56 Å². The number of aromatic amines is 1. The Labute approximate surface area is 76.7 Å². The van der Waals surface area contributed by atoms with Gasteiger partial charge in [-0.2, -0.15) is 5.16 Å². The van der Waals surface area contributed by atoms with Crippen LogP contribution in [0.2, 0.25) is 0 Å². The average molecular weight is 179 g/mol. The third-order valence-corrected chi connectivity index (χ3v) is 1.90. The normalized spacial score (nSPS) is 11.7. The summed E-state index contributed by atoms with van der Waals surface area (Å²) < 4.78 is 4.89. The maximum atomic E-state index is 11.2. The van der Waals surface area contributed by atoms with Crippen LogP contribution in [0.3, 0.4) is 0 Å². The number of aromatic nitrogens is 1. The minimum absolute atomic E-state index is 0.206. The molecule has 0 aliphatic carbocycles. The number of H-pyrrole nitrogens is 1. The molecular formula is C10H13NO2. The van der Waals surface area contributed by atoms with Gasteiger partial charge in [0.15, 0.2) is 5.76 Å². The standard InChI is InChI=1S/C10H13NO2/c1-4-7(3)6-8-9(5-2)13-11-10(8)12/h5-6H,2,4H2,1,3H3,(H,11,12)/b7-6-. The maximum absolute atomic E-state index is 11.2. The van der Waals surface area contributed by atoms with E-state index in [1.807, 2.05) is 19.9 Å². The molecule has 0 aromatic carbocycles. The molecule has 3 nitrogen and oxygen atoms in total. The second-order valence-corrected chi connectivity index (χ2v) is 2.86. The predicted octanol–water partition coefficient (Wildman–Crippen LogP) is 2.42. The first-order chi connectivity index (χ1) is 6.19. The van der Waals surface area contributed by atoms with Crippen molar-refractivity contribution in [2.45, 2.75) is 20.3 Å². The largest absolute Gasteiger partial charge is 0.378 e. The Morgan fingerprint density at radius 2 is 2.38 bits per heavy atom. The van der Waals surface area contributed by atoms with E-state index in [0.29, 0.717) is 11.3 Å². The van der Waals surface area contributed by atoms with E-state index in [2.05, 4.69) is 11.7 Å². The highest BCUT2D eigenvalue weighted by atomic mass is 16.5. The summed E-state index contributed by atoms with van der Waals surface area (Å²) in [6.07, 6.45) is 4.26. The zero-order valence-corrected chi connectivity index (χ0v) is 7.89. The molecule has 1 N–H and O–H groups in total. The van der Waals surface area contributed by atoms with Gasteiger partial charge in [-0.3, -0.25) is 4.79 Å². The van der Waals surface area contributed by atoms with Crippen molar-refractivity contribution in [2.75, 3.05) is 0 Å². The van der Waals surface area contributed by atoms with Crippen LogP contribution in [0.25, 0.3) is 12.2 Å². The minimum Gasteiger partial charge on any atom is -0.378 e. The fourth-order valence-electron chi connectivity index (χ4n) is 0.960. The lowest BCUT2D eigenvalue weighted by molar-refractivity contribution is 0.407. The molecule has 3 heteroatoms. The van der Waals surface area contributed by atoms with E-state index in [4.69, 9.17) is 4.52 Å². The van der Waals surface area contributed by atoms with Gasteiger partial charge in [0, 0.05) is 0 Å². The van der Waals surface area contributed by atoms with Crippen molar-refractivity contribution in [1.29, 1.82) is 0 Å². The summed E-state index contributed by atoms with van der Waals surface area (Å²) in [4.78, 5) is 11.2. The molecule has 1 rings (SSSR count). The highest BCUT2D eigenvalue weighted by molar-refractivity contribution is 5.60. The number of allylic oxidation sites excluding steroid dienone is 1. The second-order valence-electron chi connectivity index (χ2n) is 2.86. The first-order valence-corrected chi connectivity index (χ1v) is 4.20. The Bertz CT molecular complexity index is 382. The summed E-state index contributed by atoms with van der Waals surface area (Å²) in [7, 11) is 0. The van der Waals surface area contributed by atoms with Crippen LogP contribution in [0.5, 0.6) is 0 Å². The zero-order chi connectivity index (χ0) is 9.84. The molecule has 0 unspecified atom stereocenters. The van der Waals surface area contributed by atoms with E-state index in [-0.39, 0.29) is 5.56 Å². The zero-order valence-electron chi connectivity index (χ0n) is 7.89. The third-order valence-electron chi connectivity index (χ3n) is 1.90. The maximum Gasteiger partial charge on any atom is 0.287 e. The number of rotatable bonds is 3. The van der Waals surface area contributed by atoms with Crippen molar-refractivity contribution in [3.63, 3.8) is 0 Å². The molecule has 0 aliphatic rings. The lowest BCUT2D eigenvalue weighted by Crippen LogP contribution is -2.01. The van der Waals surface area contributed by atoms with Gasteiger partial charge in [0.2, 0.25) is 0 Å². The molecule has 1 aromatic heterocycles. The molecule has 0 radical (unpaired) electrons. The lowest BCUT2D eigenvalue weighted by Gasteiger charge is -1.92. The van der Waals surface area contributed by atoms with E-state index in [1.165, 1.54) is 6.08 Å². The van der Waals surface area contributed by atoms with Gasteiger partial charge in [-0.1, -0.05) is 19.1 Å². The first kappa shape index (κ1) is 9.58. The highest BCUT2D eigenvalue weighted by Gasteiger charge is 2.06. The SMILES string of the molecule is C=Cc1o[nH]c(=O)c1/C=C(/C)CC. The molecule has 70 valence electrons. The van der Waals surface area contributed by atoms with Gasteiger partial charge >= 0.3 is 0 Å². The predicted molar refractivity (Wildman–Crippen MR) is 53.4 cm³/mol. The van der Waals surface area contributed by atoms with Crippen molar-refractivity contribution < 1.29 is 4.52 Å². The molecule has 13 heavy (non-hydrogen) atoms. The summed E-state index contributed by atoms with van der Waals surface area (Å²) in [6.45, 7) is 7.56. The van der Waals surface area contributed by atoms with E-state index in [1.54, 1.807) is 0 Å². The smallest absolute Gasteiger partial charge is 0.287 e. The summed E-state index contributed by atoms with van der Waals surface area (Å²) in [6, 6.07) is 0. The molecular weight excluding hydrogens is 166 g/mol. The van der Waals surface area contributed by atoms with Crippen molar-refractivity contribution >= 4 is 12.2 Å². The van der Waals surface area contributed by atoms with Crippen molar-refractivity contribution in [3.8, 4) is 0 Å². The molecule has 0 fully saturated rings. The number of nitrogens with one attached hydrogen (secondary N) is 1. The third kappa shape index (κ3) is 1.99. The Kier molecular flexibility index (Phi) is 2.90. The van der Waals surface area contributed by atoms with Crippen LogP contribution in [0.15, 0.2) is 21.5 Å². The average Bonchev–Trinajstić information content (AvgIpc) is 2.48. The van der Waals surface area contributed by atoms with Crippen molar-refractivity contribution in [2.24, 2.45) is 0 Å². The number of hydrogen-bond donors (Lipinski definition) is 1. The molecule has 0 atom stereocenters. The molecule has 1 heterocycles. The Balaban J connectivity index is 3.19. The highest BCUT2D eigenvalue weighted by Crippen LogP contribution is 2.10. The topological polar surface area (TPSA) is 46.0 Å². The van der Waals surface area contributed by atoms with Crippen LogP contribution in [0.4, 0.5) is 0 Å². The van der Waals surface area contributed by atoms with Crippen molar-refractivity contribution in [3.05, 3.63) is 33.8 Å². The summed E-state index contributed by atoms with van der Waals surface area (Å²) >= 11 is 0.